The van der Waals surface area contributed by atoms with Crippen LogP contribution >= 0.6 is 0 Å². The number of nitrogens with one attached hydrogen (secondary N) is 1. The summed E-state index contributed by atoms with van der Waals surface area (Å²) in [5.41, 5.74) is 0.940. The average Bonchev–Trinajstić information content (AvgIpc) is 2.62. The molecular weight excluding hydrogens is 368 g/mol. The van der Waals surface area contributed by atoms with E-state index in [-0.39, 0.29) is 17.1 Å². The number of sulfonamides is 1. The van der Waals surface area contributed by atoms with Gasteiger partial charge in [0.25, 0.3) is 0 Å². The van der Waals surface area contributed by atoms with E-state index < -0.39 is 16.0 Å². The first kappa shape index (κ1) is 22.5. The van der Waals surface area contributed by atoms with Crippen LogP contribution in [0.3, 0.4) is 0 Å². The van der Waals surface area contributed by atoms with Gasteiger partial charge in [-0.3, -0.25) is 0 Å². The minimum atomic E-state index is -3.64. The van der Waals surface area contributed by atoms with Gasteiger partial charge >= 0.3 is 5.97 Å². The van der Waals surface area contributed by atoms with Gasteiger partial charge < -0.3 is 15.0 Å². The number of nitriles is 1. The van der Waals surface area contributed by atoms with Crippen LogP contribution in [0, 0.1) is 11.3 Å². The van der Waals surface area contributed by atoms with Crippen molar-refractivity contribution in [2.45, 2.75) is 25.7 Å². The minimum Gasteiger partial charge on any atom is -0.462 e. The number of benzene rings is 1. The highest BCUT2D eigenvalue weighted by molar-refractivity contribution is 7.89. The van der Waals surface area contributed by atoms with E-state index in [2.05, 4.69) is 5.32 Å². The minimum absolute atomic E-state index is 0.127. The topological polar surface area (TPSA) is 103 Å². The molecule has 0 fully saturated rings. The Hall–Kier alpha value is -2.57. The number of carbonyl (C=O) groups excluding carboxylic acids is 1. The van der Waals surface area contributed by atoms with Crippen molar-refractivity contribution in [3.8, 4) is 6.07 Å². The fourth-order valence-corrected chi connectivity index (χ4v) is 3.87. The van der Waals surface area contributed by atoms with Crippen LogP contribution < -0.4 is 10.2 Å². The summed E-state index contributed by atoms with van der Waals surface area (Å²) in [6.45, 7) is 6.06. The maximum atomic E-state index is 12.8. The highest BCUT2D eigenvalue weighted by Gasteiger charge is 2.23. The Morgan fingerprint density at radius 2 is 1.89 bits per heavy atom. The maximum Gasteiger partial charge on any atom is 0.350 e. The largest absolute Gasteiger partial charge is 0.462 e. The summed E-state index contributed by atoms with van der Waals surface area (Å²) in [6, 6.07) is 6.46. The third-order valence-electron chi connectivity index (χ3n) is 3.78. The van der Waals surface area contributed by atoms with E-state index in [1.165, 1.54) is 22.6 Å². The number of ether oxygens (including phenoxy) is 1. The molecule has 0 unspecified atom stereocenters. The maximum absolute atomic E-state index is 12.8. The number of hydrogen-bond donors (Lipinski definition) is 1. The number of hydrogen-bond acceptors (Lipinski definition) is 7. The van der Waals surface area contributed by atoms with Gasteiger partial charge in [0.2, 0.25) is 10.0 Å². The molecule has 0 bridgehead atoms. The van der Waals surface area contributed by atoms with E-state index in [9.17, 15) is 13.2 Å². The van der Waals surface area contributed by atoms with E-state index in [0.717, 1.165) is 0 Å². The monoisotopic (exact) mass is 394 g/mol. The van der Waals surface area contributed by atoms with Crippen LogP contribution in [0.1, 0.15) is 20.8 Å². The molecule has 9 heteroatoms. The van der Waals surface area contributed by atoms with Crippen molar-refractivity contribution in [1.82, 2.24) is 4.31 Å². The first-order valence-corrected chi connectivity index (χ1v) is 10.0. The molecule has 1 aromatic carbocycles. The molecule has 0 atom stereocenters. The molecule has 0 aromatic heterocycles. The van der Waals surface area contributed by atoms with Crippen molar-refractivity contribution in [2.75, 3.05) is 44.0 Å². The summed E-state index contributed by atoms with van der Waals surface area (Å²) in [7, 11) is -0.0279. The summed E-state index contributed by atoms with van der Waals surface area (Å²) in [5, 5.41) is 12.0. The number of esters is 1. The van der Waals surface area contributed by atoms with Gasteiger partial charge in [-0.15, -0.1) is 0 Å². The van der Waals surface area contributed by atoms with Gasteiger partial charge in [-0.05, 0) is 25.1 Å². The van der Waals surface area contributed by atoms with Gasteiger partial charge in [-0.1, -0.05) is 13.8 Å². The average molecular weight is 394 g/mol. The van der Waals surface area contributed by atoms with E-state index in [4.69, 9.17) is 10.00 Å². The summed E-state index contributed by atoms with van der Waals surface area (Å²) >= 11 is 0. The van der Waals surface area contributed by atoms with Gasteiger partial charge in [0.05, 0.1) is 22.9 Å². The second-order valence-corrected chi connectivity index (χ2v) is 7.64. The van der Waals surface area contributed by atoms with Gasteiger partial charge in [-0.2, -0.15) is 9.57 Å². The molecule has 0 aliphatic carbocycles. The molecule has 0 heterocycles. The van der Waals surface area contributed by atoms with Gasteiger partial charge in [-0.25, -0.2) is 13.2 Å². The quantitative estimate of drug-likeness (QED) is 0.389. The number of rotatable bonds is 9. The molecule has 1 N–H and O–H groups in total. The summed E-state index contributed by atoms with van der Waals surface area (Å²) in [4.78, 5) is 13.7. The SMILES string of the molecule is CCOC(=O)/C(C#N)=C/Nc1cc(S(=O)(=O)N(CC)CC)ccc1N(C)C. The predicted molar refractivity (Wildman–Crippen MR) is 105 cm³/mol. The van der Waals surface area contributed by atoms with Crippen molar-refractivity contribution in [3.05, 3.63) is 30.0 Å². The van der Waals surface area contributed by atoms with Crippen molar-refractivity contribution >= 4 is 27.4 Å². The third kappa shape index (κ3) is 5.45. The number of anilines is 2. The van der Waals surface area contributed by atoms with E-state index in [1.54, 1.807) is 51.9 Å². The van der Waals surface area contributed by atoms with Crippen molar-refractivity contribution < 1.29 is 17.9 Å². The molecule has 148 valence electrons. The van der Waals surface area contributed by atoms with Crippen LogP contribution in [0.15, 0.2) is 34.9 Å². The zero-order valence-corrected chi connectivity index (χ0v) is 17.1. The standard InChI is InChI=1S/C18H26N4O4S/c1-6-22(7-2)27(24,25)15-9-10-17(21(4)5)16(11-15)20-13-14(12-19)18(23)26-8-3/h9-11,13,20H,6-8H2,1-5H3/b14-13+. The Balaban J connectivity index is 3.36. The highest BCUT2D eigenvalue weighted by Crippen LogP contribution is 2.29. The molecule has 0 amide bonds. The lowest BCUT2D eigenvalue weighted by atomic mass is 10.2. The Bertz CT molecular complexity index is 837. The zero-order valence-electron chi connectivity index (χ0n) is 16.3. The number of carbonyl (C=O) groups is 1. The van der Waals surface area contributed by atoms with Crippen LogP contribution in [-0.2, 0) is 19.6 Å². The Morgan fingerprint density at radius 1 is 1.26 bits per heavy atom. The lowest BCUT2D eigenvalue weighted by Crippen LogP contribution is -2.30. The van der Waals surface area contributed by atoms with Crippen LogP contribution in [0.5, 0.6) is 0 Å². The lowest BCUT2D eigenvalue weighted by Gasteiger charge is -2.22. The fraction of sp³-hybridized carbons (Fsp3) is 0.444. The zero-order chi connectivity index (χ0) is 20.6. The summed E-state index contributed by atoms with van der Waals surface area (Å²) in [6.07, 6.45) is 1.22. The molecule has 0 saturated carbocycles. The Kier molecular flexibility index (Phi) is 8.28. The normalized spacial score (nSPS) is 11.8. The van der Waals surface area contributed by atoms with Crippen LogP contribution in [-0.4, -0.2) is 52.5 Å². The lowest BCUT2D eigenvalue weighted by molar-refractivity contribution is -0.138. The third-order valence-corrected chi connectivity index (χ3v) is 5.83. The van der Waals surface area contributed by atoms with Gasteiger partial charge in [0.1, 0.15) is 6.07 Å². The second kappa shape index (κ2) is 9.94. The summed E-state index contributed by atoms with van der Waals surface area (Å²) < 4.78 is 31.7. The Morgan fingerprint density at radius 3 is 2.37 bits per heavy atom. The smallest absolute Gasteiger partial charge is 0.350 e. The van der Waals surface area contributed by atoms with Crippen LogP contribution in [0.2, 0.25) is 0 Å². The Labute approximate surface area is 161 Å². The van der Waals surface area contributed by atoms with Gasteiger partial charge in [0.15, 0.2) is 5.57 Å². The van der Waals surface area contributed by atoms with E-state index in [0.29, 0.717) is 24.5 Å². The van der Waals surface area contributed by atoms with E-state index in [1.807, 2.05) is 0 Å². The molecule has 0 aliphatic rings. The molecule has 0 radical (unpaired) electrons. The molecule has 1 rings (SSSR count). The fourth-order valence-electron chi connectivity index (χ4n) is 2.39. The van der Waals surface area contributed by atoms with Crippen molar-refractivity contribution in [1.29, 1.82) is 5.26 Å². The molecule has 0 aliphatic heterocycles. The van der Waals surface area contributed by atoms with E-state index >= 15 is 0 Å². The van der Waals surface area contributed by atoms with Gasteiger partial charge in [0, 0.05) is 33.4 Å². The first-order chi connectivity index (χ1) is 12.7. The summed E-state index contributed by atoms with van der Waals surface area (Å²) in [5.74, 6) is -0.745. The molecular formula is C18H26N4O4S. The van der Waals surface area contributed by atoms with Crippen molar-refractivity contribution in [3.63, 3.8) is 0 Å². The predicted octanol–water partition coefficient (Wildman–Crippen LogP) is 2.17. The second-order valence-electron chi connectivity index (χ2n) is 5.70. The molecule has 0 spiro atoms. The highest BCUT2D eigenvalue weighted by atomic mass is 32.2. The first-order valence-electron chi connectivity index (χ1n) is 8.58. The molecule has 0 saturated heterocycles. The van der Waals surface area contributed by atoms with Crippen LogP contribution in [0.25, 0.3) is 0 Å². The van der Waals surface area contributed by atoms with Crippen molar-refractivity contribution in [2.24, 2.45) is 0 Å². The molecule has 8 nitrogen and oxygen atoms in total. The van der Waals surface area contributed by atoms with Crippen LogP contribution in [0.4, 0.5) is 11.4 Å². The molecule has 1 aromatic rings. The molecule has 27 heavy (non-hydrogen) atoms. The number of nitrogens with zero attached hydrogens (tertiary/aromatic N) is 3.